The van der Waals surface area contributed by atoms with Gasteiger partial charge in [-0.2, -0.15) is 0 Å². The van der Waals surface area contributed by atoms with Gasteiger partial charge in [0.2, 0.25) is 0 Å². The Morgan fingerprint density at radius 2 is 1.88 bits per heavy atom. The summed E-state index contributed by atoms with van der Waals surface area (Å²) >= 11 is 3.30. The highest BCUT2D eigenvalue weighted by molar-refractivity contribution is 9.10. The minimum atomic E-state index is -0.332. The molecule has 0 saturated carbocycles. The van der Waals surface area contributed by atoms with Crippen molar-refractivity contribution in [2.75, 3.05) is 0 Å². The van der Waals surface area contributed by atoms with Crippen molar-refractivity contribution in [1.29, 1.82) is 0 Å². The van der Waals surface area contributed by atoms with Gasteiger partial charge in [0.05, 0.1) is 0 Å². The summed E-state index contributed by atoms with van der Waals surface area (Å²) in [5.41, 5.74) is 2.54. The van der Waals surface area contributed by atoms with Crippen LogP contribution < -0.4 is 0 Å². The molecule has 2 rings (SSSR count). The zero-order valence-corrected chi connectivity index (χ0v) is 10.8. The molecule has 0 unspecified atom stereocenters. The molecule has 0 aliphatic rings. The van der Waals surface area contributed by atoms with Crippen molar-refractivity contribution in [3.8, 4) is 11.1 Å². The number of rotatable bonds is 2. The van der Waals surface area contributed by atoms with Crippen LogP contribution in [0.2, 0.25) is 0 Å². The van der Waals surface area contributed by atoms with E-state index in [1.54, 1.807) is 18.2 Å². The molecule has 0 radical (unpaired) electrons. The lowest BCUT2D eigenvalue weighted by Crippen LogP contribution is -1.91. The number of carbonyl (C=O) groups is 1. The van der Waals surface area contributed by atoms with E-state index < -0.39 is 0 Å². The Bertz CT molecular complexity index is 578. The van der Waals surface area contributed by atoms with E-state index in [1.165, 1.54) is 6.07 Å². The van der Waals surface area contributed by atoms with E-state index in [2.05, 4.69) is 15.9 Å². The van der Waals surface area contributed by atoms with Crippen LogP contribution >= 0.6 is 15.9 Å². The molecule has 1 nitrogen and oxygen atoms in total. The molecule has 2 aromatic rings. The first-order valence-corrected chi connectivity index (χ1v) is 5.92. The quantitative estimate of drug-likeness (QED) is 0.751. The van der Waals surface area contributed by atoms with Crippen molar-refractivity contribution in [2.24, 2.45) is 0 Å². The highest BCUT2D eigenvalue weighted by atomic mass is 79.9. The maximum Gasteiger partial charge on any atom is 0.150 e. The Kier molecular flexibility index (Phi) is 3.38. The average molecular weight is 293 g/mol. The van der Waals surface area contributed by atoms with Crippen molar-refractivity contribution >= 4 is 22.2 Å². The number of hydrogen-bond acceptors (Lipinski definition) is 1. The molecule has 0 aliphatic carbocycles. The number of benzene rings is 2. The molecule has 0 aliphatic heterocycles. The molecule has 0 N–H and O–H groups in total. The van der Waals surface area contributed by atoms with Crippen LogP contribution in [0.5, 0.6) is 0 Å². The Morgan fingerprint density at radius 1 is 1.12 bits per heavy atom. The lowest BCUT2D eigenvalue weighted by molar-refractivity contribution is 0.112. The molecule has 2 aromatic carbocycles. The molecule has 86 valence electrons. The van der Waals surface area contributed by atoms with Gasteiger partial charge in [-0.15, -0.1) is 0 Å². The Balaban J connectivity index is 2.70. The highest BCUT2D eigenvalue weighted by Crippen LogP contribution is 2.29. The number of halogens is 2. The van der Waals surface area contributed by atoms with Gasteiger partial charge in [0.25, 0.3) is 0 Å². The zero-order chi connectivity index (χ0) is 12.4. The molecular formula is C14H10BrFO. The smallest absolute Gasteiger partial charge is 0.150 e. The van der Waals surface area contributed by atoms with Gasteiger partial charge in [-0.1, -0.05) is 39.7 Å². The molecule has 0 bridgehead atoms. The largest absolute Gasteiger partial charge is 0.298 e. The predicted molar refractivity (Wildman–Crippen MR) is 69.7 cm³/mol. The lowest BCUT2D eigenvalue weighted by atomic mass is 9.98. The third kappa shape index (κ3) is 2.44. The van der Waals surface area contributed by atoms with Crippen LogP contribution in [0, 0.1) is 12.7 Å². The zero-order valence-electron chi connectivity index (χ0n) is 9.21. The van der Waals surface area contributed by atoms with E-state index in [-0.39, 0.29) is 5.82 Å². The molecular weight excluding hydrogens is 283 g/mol. The highest BCUT2D eigenvalue weighted by Gasteiger charge is 2.10. The molecule has 0 heterocycles. The van der Waals surface area contributed by atoms with E-state index in [4.69, 9.17) is 0 Å². The van der Waals surface area contributed by atoms with Gasteiger partial charge in [0.15, 0.2) is 6.29 Å². The number of aryl methyl sites for hydroxylation is 1. The summed E-state index contributed by atoms with van der Waals surface area (Å²) in [5.74, 6) is -0.332. The van der Waals surface area contributed by atoms with Gasteiger partial charge < -0.3 is 0 Å². The van der Waals surface area contributed by atoms with Crippen molar-refractivity contribution in [3.63, 3.8) is 0 Å². The monoisotopic (exact) mass is 292 g/mol. The van der Waals surface area contributed by atoms with Crippen LogP contribution in [0.3, 0.4) is 0 Å². The van der Waals surface area contributed by atoms with Crippen LogP contribution in [0.15, 0.2) is 40.9 Å². The standard InChI is InChI=1S/C14H10BrFO/c1-9-2-3-10(8-17)12(6-9)13-7-11(15)4-5-14(13)16/h2-8H,1H3. The Hall–Kier alpha value is -1.48. The Labute approximate surface area is 107 Å². The van der Waals surface area contributed by atoms with Crippen molar-refractivity contribution < 1.29 is 9.18 Å². The molecule has 3 heteroatoms. The first-order chi connectivity index (χ1) is 8.11. The maximum absolute atomic E-state index is 13.8. The van der Waals surface area contributed by atoms with Crippen LogP contribution in [-0.2, 0) is 0 Å². The molecule has 0 atom stereocenters. The van der Waals surface area contributed by atoms with Gasteiger partial charge in [0, 0.05) is 15.6 Å². The second-order valence-electron chi connectivity index (χ2n) is 3.83. The van der Waals surface area contributed by atoms with E-state index in [0.29, 0.717) is 16.7 Å². The SMILES string of the molecule is Cc1ccc(C=O)c(-c2cc(Br)ccc2F)c1. The summed E-state index contributed by atoms with van der Waals surface area (Å²) < 4.78 is 14.6. The number of hydrogen-bond donors (Lipinski definition) is 0. The molecule has 0 fully saturated rings. The summed E-state index contributed by atoms with van der Waals surface area (Å²) in [6.45, 7) is 1.91. The number of carbonyl (C=O) groups excluding carboxylic acids is 1. The molecule has 0 saturated heterocycles. The first-order valence-electron chi connectivity index (χ1n) is 5.13. The van der Waals surface area contributed by atoms with Crippen molar-refractivity contribution in [3.05, 3.63) is 57.8 Å². The molecule has 0 spiro atoms. The normalized spacial score (nSPS) is 10.3. The second kappa shape index (κ2) is 4.80. The van der Waals surface area contributed by atoms with Gasteiger partial charge >= 0.3 is 0 Å². The molecule has 17 heavy (non-hydrogen) atoms. The minimum Gasteiger partial charge on any atom is -0.298 e. The van der Waals surface area contributed by atoms with Gasteiger partial charge in [-0.05, 0) is 30.7 Å². The van der Waals surface area contributed by atoms with Gasteiger partial charge in [-0.25, -0.2) is 4.39 Å². The van der Waals surface area contributed by atoms with Gasteiger partial charge in [-0.3, -0.25) is 4.79 Å². The van der Waals surface area contributed by atoms with E-state index in [0.717, 1.165) is 16.3 Å². The third-order valence-electron chi connectivity index (χ3n) is 2.55. The fraction of sp³-hybridized carbons (Fsp3) is 0.0714. The van der Waals surface area contributed by atoms with Crippen LogP contribution in [-0.4, -0.2) is 6.29 Å². The van der Waals surface area contributed by atoms with Crippen molar-refractivity contribution in [2.45, 2.75) is 6.92 Å². The second-order valence-corrected chi connectivity index (χ2v) is 4.75. The number of aldehydes is 1. The lowest BCUT2D eigenvalue weighted by Gasteiger charge is -2.08. The fourth-order valence-electron chi connectivity index (χ4n) is 1.71. The van der Waals surface area contributed by atoms with Crippen LogP contribution in [0.4, 0.5) is 4.39 Å². The summed E-state index contributed by atoms with van der Waals surface area (Å²) in [4.78, 5) is 11.0. The van der Waals surface area contributed by atoms with Crippen LogP contribution in [0.1, 0.15) is 15.9 Å². The molecule has 0 aromatic heterocycles. The average Bonchev–Trinajstić information content (AvgIpc) is 2.32. The third-order valence-corrected chi connectivity index (χ3v) is 3.05. The first kappa shape index (κ1) is 12.0. The molecule has 0 amide bonds. The van der Waals surface area contributed by atoms with E-state index >= 15 is 0 Å². The maximum atomic E-state index is 13.8. The summed E-state index contributed by atoms with van der Waals surface area (Å²) in [6, 6.07) is 10.1. The van der Waals surface area contributed by atoms with Crippen LogP contribution in [0.25, 0.3) is 11.1 Å². The van der Waals surface area contributed by atoms with Crippen molar-refractivity contribution in [1.82, 2.24) is 0 Å². The topological polar surface area (TPSA) is 17.1 Å². The minimum absolute atomic E-state index is 0.332. The summed E-state index contributed by atoms with van der Waals surface area (Å²) in [5, 5.41) is 0. The fourth-order valence-corrected chi connectivity index (χ4v) is 2.07. The Morgan fingerprint density at radius 3 is 2.59 bits per heavy atom. The summed E-state index contributed by atoms with van der Waals surface area (Å²) in [6.07, 6.45) is 0.745. The van der Waals surface area contributed by atoms with E-state index in [1.807, 2.05) is 19.1 Å². The predicted octanol–water partition coefficient (Wildman–Crippen LogP) is 4.38. The van der Waals surface area contributed by atoms with Gasteiger partial charge in [0.1, 0.15) is 5.82 Å². The van der Waals surface area contributed by atoms with E-state index in [9.17, 15) is 9.18 Å². The summed E-state index contributed by atoms with van der Waals surface area (Å²) in [7, 11) is 0.